The van der Waals surface area contributed by atoms with Gasteiger partial charge in [-0.3, -0.25) is 0 Å². The minimum Gasteiger partial charge on any atom is -0.423 e. The van der Waals surface area contributed by atoms with Crippen LogP contribution >= 0.6 is 12.2 Å². The van der Waals surface area contributed by atoms with Crippen molar-refractivity contribution < 1.29 is 4.42 Å². The van der Waals surface area contributed by atoms with E-state index in [1.807, 2.05) is 37.3 Å². The van der Waals surface area contributed by atoms with Gasteiger partial charge in [0.1, 0.15) is 5.58 Å². The molecule has 122 valence electrons. The second-order valence-corrected chi connectivity index (χ2v) is 5.96. The molecule has 0 aliphatic heterocycles. The van der Waals surface area contributed by atoms with E-state index in [0.717, 1.165) is 28.7 Å². The van der Waals surface area contributed by atoms with Crippen molar-refractivity contribution in [3.8, 4) is 0 Å². The number of rotatable bonds is 3. The van der Waals surface area contributed by atoms with Crippen LogP contribution in [0, 0.1) is 6.92 Å². The van der Waals surface area contributed by atoms with E-state index in [1.165, 1.54) is 11.6 Å². The van der Waals surface area contributed by atoms with Gasteiger partial charge in [-0.05, 0) is 54.9 Å². The number of fused-ring (bicyclic) bond motifs is 1. The first-order valence-corrected chi connectivity index (χ1v) is 8.18. The number of benzene rings is 2. The number of thiocarbonyl (C=S) groups is 1. The van der Waals surface area contributed by atoms with E-state index >= 15 is 0 Å². The van der Waals surface area contributed by atoms with Crippen molar-refractivity contribution in [3.63, 3.8) is 0 Å². The summed E-state index contributed by atoms with van der Waals surface area (Å²) in [6, 6.07) is 15.1. The maximum absolute atomic E-state index is 11.5. The van der Waals surface area contributed by atoms with E-state index in [2.05, 4.69) is 23.6 Å². The number of para-hydroxylation sites is 1. The molecule has 0 aliphatic rings. The summed E-state index contributed by atoms with van der Waals surface area (Å²) >= 11 is 5.39. The van der Waals surface area contributed by atoms with Crippen LogP contribution in [0.15, 0.2) is 57.7 Å². The number of anilines is 2. The molecule has 0 atom stereocenters. The third-order valence-corrected chi connectivity index (χ3v) is 4.06. The van der Waals surface area contributed by atoms with Gasteiger partial charge in [-0.2, -0.15) is 0 Å². The molecule has 4 nitrogen and oxygen atoms in total. The fraction of sp³-hybridized carbons (Fsp3) is 0.158. The smallest absolute Gasteiger partial charge is 0.336 e. The number of hydrogen-bond donors (Lipinski definition) is 2. The normalized spacial score (nSPS) is 10.6. The van der Waals surface area contributed by atoms with Crippen molar-refractivity contribution in [2.75, 3.05) is 10.6 Å². The zero-order valence-electron chi connectivity index (χ0n) is 13.6. The molecule has 5 heteroatoms. The summed E-state index contributed by atoms with van der Waals surface area (Å²) in [7, 11) is 0. The van der Waals surface area contributed by atoms with Crippen LogP contribution in [0.1, 0.15) is 18.1 Å². The highest BCUT2D eigenvalue weighted by Gasteiger charge is 2.06. The predicted octanol–water partition coefficient (Wildman–Crippen LogP) is 4.47. The van der Waals surface area contributed by atoms with E-state index in [4.69, 9.17) is 16.6 Å². The summed E-state index contributed by atoms with van der Waals surface area (Å²) in [5.41, 5.74) is 4.03. The van der Waals surface area contributed by atoms with Crippen LogP contribution in [0.4, 0.5) is 11.4 Å². The molecule has 2 N–H and O–H groups in total. The van der Waals surface area contributed by atoms with Crippen molar-refractivity contribution in [1.29, 1.82) is 0 Å². The first-order chi connectivity index (χ1) is 11.6. The molecule has 1 heterocycles. The number of nitrogens with one attached hydrogen (secondary N) is 2. The Bertz CT molecular complexity index is 963. The van der Waals surface area contributed by atoms with Gasteiger partial charge in [0.15, 0.2) is 5.11 Å². The average Bonchev–Trinajstić information content (AvgIpc) is 2.54. The Morgan fingerprint density at radius 2 is 1.92 bits per heavy atom. The van der Waals surface area contributed by atoms with Gasteiger partial charge in [-0.15, -0.1) is 0 Å². The second kappa shape index (κ2) is 6.84. The zero-order chi connectivity index (χ0) is 17.1. The molecular weight excluding hydrogens is 320 g/mol. The Morgan fingerprint density at radius 3 is 2.71 bits per heavy atom. The van der Waals surface area contributed by atoms with E-state index in [9.17, 15) is 4.79 Å². The average molecular weight is 338 g/mol. The lowest BCUT2D eigenvalue weighted by molar-refractivity contribution is 0.560. The number of aryl methyl sites for hydroxylation is 2. The Hall–Kier alpha value is -2.66. The lowest BCUT2D eigenvalue weighted by atomic mass is 10.1. The lowest BCUT2D eigenvalue weighted by Gasteiger charge is -2.13. The Morgan fingerprint density at radius 1 is 1.12 bits per heavy atom. The first-order valence-electron chi connectivity index (χ1n) is 7.77. The zero-order valence-corrected chi connectivity index (χ0v) is 14.4. The van der Waals surface area contributed by atoms with Crippen LogP contribution in [0.25, 0.3) is 11.0 Å². The van der Waals surface area contributed by atoms with Gasteiger partial charge >= 0.3 is 5.63 Å². The molecule has 0 amide bonds. The molecular formula is C19H18N2O2S. The van der Waals surface area contributed by atoms with E-state index in [0.29, 0.717) is 10.7 Å². The van der Waals surface area contributed by atoms with Gasteiger partial charge in [-0.25, -0.2) is 4.79 Å². The first kappa shape index (κ1) is 16.2. The Labute approximate surface area is 145 Å². The molecule has 1 aromatic heterocycles. The molecule has 0 bridgehead atoms. The van der Waals surface area contributed by atoms with E-state index < -0.39 is 0 Å². The summed E-state index contributed by atoms with van der Waals surface area (Å²) < 4.78 is 5.26. The highest BCUT2D eigenvalue weighted by molar-refractivity contribution is 7.80. The quantitative estimate of drug-likeness (QED) is 0.545. The van der Waals surface area contributed by atoms with Crippen LogP contribution in [-0.4, -0.2) is 5.11 Å². The molecule has 0 spiro atoms. The summed E-state index contributed by atoms with van der Waals surface area (Å²) in [5, 5.41) is 7.74. The standard InChI is InChI=1S/C19H18N2O2S/c1-3-13-6-4-5-7-16(13)21-19(24)20-14-8-9-15-12(2)10-18(22)23-17(15)11-14/h4-11H,3H2,1-2H3,(H2,20,21,24). The number of hydrogen-bond acceptors (Lipinski definition) is 3. The summed E-state index contributed by atoms with van der Waals surface area (Å²) in [4.78, 5) is 11.5. The lowest BCUT2D eigenvalue weighted by Crippen LogP contribution is -2.19. The van der Waals surface area contributed by atoms with Crippen LogP contribution in [0.3, 0.4) is 0 Å². The summed E-state index contributed by atoms with van der Waals surface area (Å²) in [6.07, 6.45) is 0.923. The SMILES string of the molecule is CCc1ccccc1NC(=S)Nc1ccc2c(C)cc(=O)oc2c1. The minimum atomic E-state index is -0.352. The molecule has 0 saturated heterocycles. The van der Waals surface area contributed by atoms with Gasteiger partial charge in [-0.1, -0.05) is 25.1 Å². The molecule has 3 aromatic rings. The topological polar surface area (TPSA) is 54.3 Å². The van der Waals surface area contributed by atoms with Gasteiger partial charge in [0.25, 0.3) is 0 Å². The van der Waals surface area contributed by atoms with Crippen LogP contribution in [-0.2, 0) is 6.42 Å². The van der Waals surface area contributed by atoms with Crippen LogP contribution in [0.2, 0.25) is 0 Å². The molecule has 24 heavy (non-hydrogen) atoms. The maximum atomic E-state index is 11.5. The molecule has 0 unspecified atom stereocenters. The summed E-state index contributed by atoms with van der Waals surface area (Å²) in [6.45, 7) is 3.99. The van der Waals surface area contributed by atoms with Crippen LogP contribution < -0.4 is 16.3 Å². The highest BCUT2D eigenvalue weighted by Crippen LogP contribution is 2.21. The molecule has 2 aromatic carbocycles. The van der Waals surface area contributed by atoms with E-state index in [1.54, 1.807) is 6.07 Å². The largest absolute Gasteiger partial charge is 0.423 e. The molecule has 0 saturated carbocycles. The van der Waals surface area contributed by atoms with Crippen molar-refractivity contribution in [2.45, 2.75) is 20.3 Å². The van der Waals surface area contributed by atoms with Crippen molar-refractivity contribution in [2.24, 2.45) is 0 Å². The van der Waals surface area contributed by atoms with Gasteiger partial charge in [0, 0.05) is 28.9 Å². The highest BCUT2D eigenvalue weighted by atomic mass is 32.1. The van der Waals surface area contributed by atoms with Gasteiger partial charge in [0.05, 0.1) is 0 Å². The molecule has 0 radical (unpaired) electrons. The van der Waals surface area contributed by atoms with E-state index in [-0.39, 0.29) is 5.63 Å². The fourth-order valence-electron chi connectivity index (χ4n) is 2.64. The third-order valence-electron chi connectivity index (χ3n) is 3.86. The molecule has 3 rings (SSSR count). The molecule has 0 fully saturated rings. The summed E-state index contributed by atoms with van der Waals surface area (Å²) in [5.74, 6) is 0. The Balaban J connectivity index is 1.82. The Kier molecular flexibility index (Phi) is 4.62. The van der Waals surface area contributed by atoms with Crippen molar-refractivity contribution in [1.82, 2.24) is 0 Å². The predicted molar refractivity (Wildman–Crippen MR) is 103 cm³/mol. The monoisotopic (exact) mass is 338 g/mol. The molecule has 0 aliphatic carbocycles. The maximum Gasteiger partial charge on any atom is 0.336 e. The van der Waals surface area contributed by atoms with Gasteiger partial charge < -0.3 is 15.1 Å². The van der Waals surface area contributed by atoms with Crippen molar-refractivity contribution >= 4 is 39.7 Å². The second-order valence-electron chi connectivity index (χ2n) is 5.55. The van der Waals surface area contributed by atoms with Crippen LogP contribution in [0.5, 0.6) is 0 Å². The third kappa shape index (κ3) is 3.46. The fourth-order valence-corrected chi connectivity index (χ4v) is 2.87. The minimum absolute atomic E-state index is 0.352. The van der Waals surface area contributed by atoms with Gasteiger partial charge in [0.2, 0.25) is 0 Å². The van der Waals surface area contributed by atoms with Crippen molar-refractivity contribution in [3.05, 3.63) is 70.1 Å².